The smallest absolute Gasteiger partial charge is 0.317 e. The molecule has 0 radical (unpaired) electrons. The zero-order chi connectivity index (χ0) is 15.1. The summed E-state index contributed by atoms with van der Waals surface area (Å²) in [6.45, 7) is 3.27. The third-order valence-electron chi connectivity index (χ3n) is 3.88. The number of hydrogen-bond donors (Lipinski definition) is 1. The predicted octanol–water partition coefficient (Wildman–Crippen LogP) is 1.67. The second-order valence-electron chi connectivity index (χ2n) is 5.52. The summed E-state index contributed by atoms with van der Waals surface area (Å²) in [5.41, 5.74) is 1.29. The summed E-state index contributed by atoms with van der Waals surface area (Å²) in [7, 11) is 0. The number of hydrogen-bond acceptors (Lipinski definition) is 3. The number of carbonyl (C=O) groups is 1. The van der Waals surface area contributed by atoms with E-state index < -0.39 is 5.97 Å². The number of carboxylic acid groups (broad SMARTS) is 1. The van der Waals surface area contributed by atoms with E-state index in [1.54, 1.807) is 0 Å². The monoisotopic (exact) mass is 286 g/mol. The van der Waals surface area contributed by atoms with Gasteiger partial charge in [0.2, 0.25) is 0 Å². The van der Waals surface area contributed by atoms with Gasteiger partial charge in [0.1, 0.15) is 0 Å². The number of likely N-dealkylation sites (tertiary alicyclic amines) is 1. The van der Waals surface area contributed by atoms with Crippen molar-refractivity contribution in [3.8, 4) is 12.3 Å². The molecule has 1 N–H and O–H groups in total. The Hall–Kier alpha value is -1.83. The quantitative estimate of drug-likeness (QED) is 0.808. The number of aliphatic carboxylic acids is 1. The number of carboxylic acids is 1. The molecule has 4 heteroatoms. The highest BCUT2D eigenvalue weighted by Gasteiger charge is 2.26. The summed E-state index contributed by atoms with van der Waals surface area (Å²) in [5.74, 6) is 1.76. The van der Waals surface area contributed by atoms with Gasteiger partial charge in [0.05, 0.1) is 13.1 Å². The molecule has 1 fully saturated rings. The van der Waals surface area contributed by atoms with E-state index in [0.29, 0.717) is 6.54 Å². The van der Waals surface area contributed by atoms with Crippen molar-refractivity contribution in [1.82, 2.24) is 9.80 Å². The maximum absolute atomic E-state index is 11.0. The Morgan fingerprint density at radius 1 is 1.43 bits per heavy atom. The lowest BCUT2D eigenvalue weighted by Crippen LogP contribution is -2.49. The Morgan fingerprint density at radius 3 is 2.86 bits per heavy atom. The summed E-state index contributed by atoms with van der Waals surface area (Å²) < 4.78 is 0. The fourth-order valence-corrected chi connectivity index (χ4v) is 2.92. The molecule has 2 rings (SSSR count). The van der Waals surface area contributed by atoms with Gasteiger partial charge in [-0.2, -0.15) is 0 Å². The van der Waals surface area contributed by atoms with Gasteiger partial charge in [0.25, 0.3) is 0 Å². The summed E-state index contributed by atoms with van der Waals surface area (Å²) in [6.07, 6.45) is 7.47. The van der Waals surface area contributed by atoms with E-state index in [1.807, 2.05) is 23.1 Å². The van der Waals surface area contributed by atoms with Crippen LogP contribution in [0.25, 0.3) is 0 Å². The Bertz CT molecular complexity index is 495. The van der Waals surface area contributed by atoms with Gasteiger partial charge in [-0.15, -0.1) is 6.42 Å². The van der Waals surface area contributed by atoms with Gasteiger partial charge in [0.15, 0.2) is 0 Å². The lowest BCUT2D eigenvalue weighted by atomic mass is 10.0. The Kier molecular flexibility index (Phi) is 5.79. The van der Waals surface area contributed by atoms with E-state index in [9.17, 15) is 4.79 Å². The summed E-state index contributed by atoms with van der Waals surface area (Å²) in [4.78, 5) is 15.3. The van der Waals surface area contributed by atoms with E-state index in [-0.39, 0.29) is 12.6 Å². The van der Waals surface area contributed by atoms with Crippen LogP contribution in [0.2, 0.25) is 0 Å². The van der Waals surface area contributed by atoms with E-state index in [4.69, 9.17) is 11.5 Å². The van der Waals surface area contributed by atoms with Crippen LogP contribution in [-0.4, -0.2) is 53.1 Å². The normalized spacial score (nSPS) is 19.3. The number of benzene rings is 1. The van der Waals surface area contributed by atoms with Gasteiger partial charge in [-0.25, -0.2) is 0 Å². The van der Waals surface area contributed by atoms with Crippen LogP contribution >= 0.6 is 0 Å². The van der Waals surface area contributed by atoms with Crippen LogP contribution in [0, 0.1) is 12.3 Å². The highest BCUT2D eigenvalue weighted by molar-refractivity contribution is 5.69. The van der Waals surface area contributed by atoms with Crippen molar-refractivity contribution in [2.45, 2.75) is 25.4 Å². The molecule has 1 aliphatic rings. The fourth-order valence-electron chi connectivity index (χ4n) is 2.92. The second-order valence-corrected chi connectivity index (χ2v) is 5.52. The SMILES string of the molecule is C#CCN(CC(=O)O)C1CCCN(Cc2ccccc2)C1. The number of nitrogens with zero attached hydrogens (tertiary/aromatic N) is 2. The first-order chi connectivity index (χ1) is 10.2. The average molecular weight is 286 g/mol. The molecule has 1 atom stereocenters. The summed E-state index contributed by atoms with van der Waals surface area (Å²) >= 11 is 0. The van der Waals surface area contributed by atoms with Gasteiger partial charge in [-0.05, 0) is 24.9 Å². The molecule has 0 aliphatic carbocycles. The van der Waals surface area contributed by atoms with Crippen molar-refractivity contribution >= 4 is 5.97 Å². The van der Waals surface area contributed by atoms with Crippen molar-refractivity contribution in [1.29, 1.82) is 0 Å². The molecule has 0 saturated carbocycles. The van der Waals surface area contributed by atoms with Gasteiger partial charge in [-0.3, -0.25) is 14.6 Å². The first-order valence-electron chi connectivity index (χ1n) is 7.34. The van der Waals surface area contributed by atoms with Gasteiger partial charge >= 0.3 is 5.97 Å². The van der Waals surface area contributed by atoms with Crippen LogP contribution in [-0.2, 0) is 11.3 Å². The van der Waals surface area contributed by atoms with Crippen LogP contribution in [0.3, 0.4) is 0 Å². The first-order valence-corrected chi connectivity index (χ1v) is 7.34. The molecular formula is C17H22N2O2. The van der Waals surface area contributed by atoms with Crippen molar-refractivity contribution in [2.75, 3.05) is 26.2 Å². The van der Waals surface area contributed by atoms with E-state index in [0.717, 1.165) is 32.5 Å². The molecule has 4 nitrogen and oxygen atoms in total. The molecule has 1 aliphatic heterocycles. The Morgan fingerprint density at radius 2 is 2.19 bits per heavy atom. The lowest BCUT2D eigenvalue weighted by Gasteiger charge is -2.38. The third kappa shape index (κ3) is 4.89. The number of terminal acetylenes is 1. The molecule has 1 aromatic carbocycles. The van der Waals surface area contributed by atoms with Crippen LogP contribution in [0.5, 0.6) is 0 Å². The van der Waals surface area contributed by atoms with E-state index in [2.05, 4.69) is 23.0 Å². The highest BCUT2D eigenvalue weighted by Crippen LogP contribution is 2.18. The largest absolute Gasteiger partial charge is 0.480 e. The molecule has 1 unspecified atom stereocenters. The zero-order valence-electron chi connectivity index (χ0n) is 12.2. The van der Waals surface area contributed by atoms with Crippen LogP contribution in [0.4, 0.5) is 0 Å². The second kappa shape index (κ2) is 7.82. The third-order valence-corrected chi connectivity index (χ3v) is 3.88. The minimum atomic E-state index is -0.814. The van der Waals surface area contributed by atoms with Gasteiger partial charge in [0, 0.05) is 19.1 Å². The van der Waals surface area contributed by atoms with E-state index in [1.165, 1.54) is 5.56 Å². The highest BCUT2D eigenvalue weighted by atomic mass is 16.4. The Balaban J connectivity index is 1.95. The maximum atomic E-state index is 11.0. The molecular weight excluding hydrogens is 264 g/mol. The van der Waals surface area contributed by atoms with Crippen LogP contribution in [0.15, 0.2) is 30.3 Å². The molecule has 21 heavy (non-hydrogen) atoms. The number of rotatable bonds is 6. The minimum absolute atomic E-state index is 0.0219. The standard InChI is InChI=1S/C17H22N2O2/c1-2-10-19(14-17(20)21)16-9-6-11-18(13-16)12-15-7-4-3-5-8-15/h1,3-5,7-8,16H,6,9-14H2,(H,20,21). The molecule has 0 aromatic heterocycles. The van der Waals surface area contributed by atoms with Gasteiger partial charge < -0.3 is 5.11 Å². The summed E-state index contributed by atoms with van der Waals surface area (Å²) in [6, 6.07) is 10.6. The maximum Gasteiger partial charge on any atom is 0.317 e. The molecule has 1 heterocycles. The average Bonchev–Trinajstić information content (AvgIpc) is 2.48. The topological polar surface area (TPSA) is 43.8 Å². The molecule has 0 spiro atoms. The zero-order valence-corrected chi connectivity index (χ0v) is 12.2. The lowest BCUT2D eigenvalue weighted by molar-refractivity contribution is -0.139. The van der Waals surface area contributed by atoms with Crippen LogP contribution in [0.1, 0.15) is 18.4 Å². The van der Waals surface area contributed by atoms with E-state index >= 15 is 0 Å². The first kappa shape index (κ1) is 15.6. The fraction of sp³-hybridized carbons (Fsp3) is 0.471. The van der Waals surface area contributed by atoms with Crippen LogP contribution < -0.4 is 0 Å². The van der Waals surface area contributed by atoms with Crippen molar-refractivity contribution in [3.05, 3.63) is 35.9 Å². The number of piperidine rings is 1. The predicted molar refractivity (Wildman–Crippen MR) is 82.8 cm³/mol. The Labute approximate surface area is 126 Å². The molecule has 0 bridgehead atoms. The molecule has 1 aromatic rings. The molecule has 112 valence electrons. The molecule has 0 amide bonds. The molecule has 1 saturated heterocycles. The summed E-state index contributed by atoms with van der Waals surface area (Å²) in [5, 5.41) is 9.02. The van der Waals surface area contributed by atoms with Gasteiger partial charge in [-0.1, -0.05) is 36.3 Å². The minimum Gasteiger partial charge on any atom is -0.480 e. The van der Waals surface area contributed by atoms with Crippen molar-refractivity contribution in [3.63, 3.8) is 0 Å². The van der Waals surface area contributed by atoms with Crippen molar-refractivity contribution in [2.24, 2.45) is 0 Å². The van der Waals surface area contributed by atoms with Crippen molar-refractivity contribution < 1.29 is 9.90 Å².